The molecule has 1 unspecified atom stereocenters. The molecule has 0 amide bonds. The van der Waals surface area contributed by atoms with Crippen LogP contribution < -0.4 is 9.47 Å². The first-order valence-corrected chi connectivity index (χ1v) is 4.18. The molecule has 0 saturated carbocycles. The Labute approximate surface area is 73.3 Å². The molecule has 1 aliphatic heterocycles. The fourth-order valence-corrected chi connectivity index (χ4v) is 1.51. The number of fused-ring (bicyclic) bond motifs is 1. The van der Waals surface area contributed by atoms with E-state index in [1.165, 1.54) is 0 Å². The number of para-hydroxylation sites is 1. The second-order valence-electron chi connectivity index (χ2n) is 2.37. The molecule has 0 spiro atoms. The largest absolute Gasteiger partial charge is 0.451 e. The summed E-state index contributed by atoms with van der Waals surface area (Å²) >= 11 is 3.37. The monoisotopic (exact) mass is 214 g/mol. The minimum atomic E-state index is -0.163. The molecule has 0 radical (unpaired) electrons. The summed E-state index contributed by atoms with van der Waals surface area (Å²) in [7, 11) is 0. The van der Waals surface area contributed by atoms with Gasteiger partial charge in [0.15, 0.2) is 11.5 Å². The molecule has 0 bridgehead atoms. The van der Waals surface area contributed by atoms with Gasteiger partial charge in [0.2, 0.25) is 6.29 Å². The summed E-state index contributed by atoms with van der Waals surface area (Å²) in [4.78, 5) is 0. The molecule has 2 nitrogen and oxygen atoms in total. The van der Waals surface area contributed by atoms with Crippen LogP contribution in [0.2, 0.25) is 0 Å². The number of hydrogen-bond donors (Lipinski definition) is 0. The number of hydrogen-bond acceptors (Lipinski definition) is 2. The van der Waals surface area contributed by atoms with Crippen LogP contribution in [0.3, 0.4) is 0 Å². The lowest BCUT2D eigenvalue weighted by atomic mass is 10.3. The zero-order valence-electron chi connectivity index (χ0n) is 6.00. The molecule has 1 aromatic carbocycles. The number of ether oxygens (including phenoxy) is 2. The predicted molar refractivity (Wildman–Crippen MR) is 44.9 cm³/mol. The third-order valence-corrected chi connectivity index (χ3v) is 2.13. The van der Waals surface area contributed by atoms with Crippen LogP contribution in [-0.4, -0.2) is 6.29 Å². The van der Waals surface area contributed by atoms with Crippen LogP contribution in [0.5, 0.6) is 11.5 Å². The van der Waals surface area contributed by atoms with E-state index < -0.39 is 0 Å². The number of benzene rings is 1. The van der Waals surface area contributed by atoms with Gasteiger partial charge in [0.25, 0.3) is 0 Å². The van der Waals surface area contributed by atoms with Crippen LogP contribution in [0, 0.1) is 0 Å². The molecule has 0 aliphatic carbocycles. The summed E-state index contributed by atoms with van der Waals surface area (Å²) in [6.45, 7) is 1.87. The molecule has 3 heteroatoms. The summed E-state index contributed by atoms with van der Waals surface area (Å²) in [5.74, 6) is 1.62. The molecule has 0 aromatic heterocycles. The van der Waals surface area contributed by atoms with Crippen molar-refractivity contribution in [2.24, 2.45) is 0 Å². The van der Waals surface area contributed by atoms with Gasteiger partial charge in [-0.15, -0.1) is 0 Å². The highest BCUT2D eigenvalue weighted by molar-refractivity contribution is 9.10. The summed E-state index contributed by atoms with van der Waals surface area (Å²) in [6, 6.07) is 5.74. The highest BCUT2D eigenvalue weighted by Gasteiger charge is 2.21. The lowest BCUT2D eigenvalue weighted by molar-refractivity contribution is 0.0675. The Bertz CT molecular complexity index is 285. The Hall–Kier alpha value is -0.700. The van der Waals surface area contributed by atoms with Crippen molar-refractivity contribution >= 4 is 15.9 Å². The maximum Gasteiger partial charge on any atom is 0.238 e. The van der Waals surface area contributed by atoms with Crippen LogP contribution in [-0.2, 0) is 0 Å². The lowest BCUT2D eigenvalue weighted by Crippen LogP contribution is -2.11. The van der Waals surface area contributed by atoms with Gasteiger partial charge in [-0.25, -0.2) is 0 Å². The van der Waals surface area contributed by atoms with E-state index in [4.69, 9.17) is 9.47 Å². The van der Waals surface area contributed by atoms with Crippen molar-refractivity contribution in [2.75, 3.05) is 0 Å². The molecule has 1 atom stereocenters. The molecule has 1 aromatic rings. The number of halogens is 1. The molecule has 11 heavy (non-hydrogen) atoms. The van der Waals surface area contributed by atoms with Gasteiger partial charge in [-0.1, -0.05) is 6.07 Å². The first-order valence-electron chi connectivity index (χ1n) is 3.39. The predicted octanol–water partition coefficient (Wildman–Crippen LogP) is 2.57. The maximum absolute atomic E-state index is 5.37. The van der Waals surface area contributed by atoms with Gasteiger partial charge in [0, 0.05) is 6.92 Å². The summed E-state index contributed by atoms with van der Waals surface area (Å²) in [5, 5.41) is 0. The number of rotatable bonds is 0. The molecule has 0 N–H and O–H groups in total. The van der Waals surface area contributed by atoms with Crippen LogP contribution >= 0.6 is 15.9 Å². The van der Waals surface area contributed by atoms with Crippen molar-refractivity contribution in [3.63, 3.8) is 0 Å². The molecule has 1 heterocycles. The van der Waals surface area contributed by atoms with Gasteiger partial charge in [0.05, 0.1) is 4.47 Å². The quantitative estimate of drug-likeness (QED) is 0.662. The van der Waals surface area contributed by atoms with Gasteiger partial charge in [-0.2, -0.15) is 0 Å². The van der Waals surface area contributed by atoms with E-state index in [0.717, 1.165) is 16.0 Å². The van der Waals surface area contributed by atoms with E-state index in [1.807, 2.05) is 25.1 Å². The van der Waals surface area contributed by atoms with Gasteiger partial charge >= 0.3 is 0 Å². The van der Waals surface area contributed by atoms with Crippen molar-refractivity contribution in [2.45, 2.75) is 13.2 Å². The Balaban J connectivity index is 2.49. The fraction of sp³-hybridized carbons (Fsp3) is 0.250. The standard InChI is InChI=1S/C8H7BrO2/c1-5-10-7-4-2-3-6(9)8(7)11-5/h2-5H,1H3. The zero-order chi connectivity index (χ0) is 7.84. The summed E-state index contributed by atoms with van der Waals surface area (Å²) in [5.41, 5.74) is 0. The minimum absolute atomic E-state index is 0.163. The third kappa shape index (κ3) is 1.09. The molecule has 0 fully saturated rings. The summed E-state index contributed by atoms with van der Waals surface area (Å²) < 4.78 is 11.6. The van der Waals surface area contributed by atoms with E-state index in [2.05, 4.69) is 15.9 Å². The molecular formula is C8H7BrO2. The average molecular weight is 215 g/mol. The first kappa shape index (κ1) is 6.98. The minimum Gasteiger partial charge on any atom is -0.451 e. The third-order valence-electron chi connectivity index (χ3n) is 1.51. The van der Waals surface area contributed by atoms with Crippen LogP contribution in [0.15, 0.2) is 22.7 Å². The van der Waals surface area contributed by atoms with Crippen molar-refractivity contribution in [3.05, 3.63) is 22.7 Å². The van der Waals surface area contributed by atoms with E-state index >= 15 is 0 Å². The van der Waals surface area contributed by atoms with Crippen LogP contribution in [0.4, 0.5) is 0 Å². The first-order chi connectivity index (χ1) is 5.27. The van der Waals surface area contributed by atoms with Gasteiger partial charge < -0.3 is 9.47 Å². The Kier molecular flexibility index (Phi) is 1.53. The molecule has 58 valence electrons. The maximum atomic E-state index is 5.37. The SMILES string of the molecule is CC1Oc2cccc(Br)c2O1. The molecule has 1 aliphatic rings. The highest BCUT2D eigenvalue weighted by Crippen LogP contribution is 2.40. The Morgan fingerprint density at radius 3 is 2.91 bits per heavy atom. The van der Waals surface area contributed by atoms with E-state index in [-0.39, 0.29) is 6.29 Å². The van der Waals surface area contributed by atoms with Gasteiger partial charge in [-0.05, 0) is 28.1 Å². The van der Waals surface area contributed by atoms with Crippen molar-refractivity contribution in [1.82, 2.24) is 0 Å². The van der Waals surface area contributed by atoms with E-state index in [0.29, 0.717) is 0 Å². The Morgan fingerprint density at radius 1 is 1.36 bits per heavy atom. The van der Waals surface area contributed by atoms with Gasteiger partial charge in [0.1, 0.15) is 0 Å². The Morgan fingerprint density at radius 2 is 2.18 bits per heavy atom. The summed E-state index contributed by atoms with van der Waals surface area (Å²) in [6.07, 6.45) is -0.163. The average Bonchev–Trinajstić information content (AvgIpc) is 2.31. The van der Waals surface area contributed by atoms with E-state index in [1.54, 1.807) is 0 Å². The second-order valence-corrected chi connectivity index (χ2v) is 3.22. The smallest absolute Gasteiger partial charge is 0.238 e. The topological polar surface area (TPSA) is 18.5 Å². The van der Waals surface area contributed by atoms with Crippen LogP contribution in [0.25, 0.3) is 0 Å². The van der Waals surface area contributed by atoms with Crippen molar-refractivity contribution < 1.29 is 9.47 Å². The van der Waals surface area contributed by atoms with Crippen molar-refractivity contribution in [1.29, 1.82) is 0 Å². The van der Waals surface area contributed by atoms with Crippen molar-refractivity contribution in [3.8, 4) is 11.5 Å². The fourth-order valence-electron chi connectivity index (χ4n) is 1.07. The van der Waals surface area contributed by atoms with E-state index in [9.17, 15) is 0 Å². The second kappa shape index (κ2) is 2.41. The van der Waals surface area contributed by atoms with Gasteiger partial charge in [-0.3, -0.25) is 0 Å². The zero-order valence-corrected chi connectivity index (χ0v) is 7.59. The molecule has 2 rings (SSSR count). The molecular weight excluding hydrogens is 208 g/mol. The lowest BCUT2D eigenvalue weighted by Gasteiger charge is -2.00. The van der Waals surface area contributed by atoms with Crippen LogP contribution in [0.1, 0.15) is 6.92 Å². The normalized spacial score (nSPS) is 20.4. The molecule has 0 saturated heterocycles. The highest BCUT2D eigenvalue weighted by atomic mass is 79.9.